The van der Waals surface area contributed by atoms with Crippen molar-refractivity contribution in [2.24, 2.45) is 0 Å². The number of amides is 1. The van der Waals surface area contributed by atoms with Crippen molar-refractivity contribution in [2.45, 2.75) is 58.3 Å². The number of nitrogens with zero attached hydrogens (tertiary/aromatic N) is 1. The van der Waals surface area contributed by atoms with Gasteiger partial charge in [-0.15, -0.1) is 0 Å². The van der Waals surface area contributed by atoms with E-state index in [9.17, 15) is 4.79 Å². The molecule has 0 radical (unpaired) electrons. The number of hydrogen-bond donors (Lipinski definition) is 1. The molecule has 1 aliphatic rings. The summed E-state index contributed by atoms with van der Waals surface area (Å²) in [4.78, 5) is 14.6. The van der Waals surface area contributed by atoms with Gasteiger partial charge >= 0.3 is 0 Å². The van der Waals surface area contributed by atoms with Crippen molar-refractivity contribution in [2.75, 3.05) is 13.2 Å². The van der Waals surface area contributed by atoms with E-state index >= 15 is 0 Å². The lowest BCUT2D eigenvalue weighted by Gasteiger charge is -2.44. The van der Waals surface area contributed by atoms with Crippen LogP contribution in [0.25, 0.3) is 0 Å². The molecule has 0 bridgehead atoms. The average Bonchev–Trinajstić information content (AvgIpc) is 2.48. The summed E-state index contributed by atoms with van der Waals surface area (Å²) in [6.45, 7) is 9.65. The number of hydrogen-bond acceptors (Lipinski definition) is 3. The third-order valence-electron chi connectivity index (χ3n) is 4.18. The lowest BCUT2D eigenvalue weighted by Crippen LogP contribution is -2.54. The highest BCUT2D eigenvalue weighted by Gasteiger charge is 2.36. The first-order valence-electron chi connectivity index (χ1n) is 8.21. The van der Waals surface area contributed by atoms with Crippen molar-refractivity contribution in [1.29, 1.82) is 0 Å². The molecule has 1 aliphatic heterocycles. The van der Waals surface area contributed by atoms with Crippen LogP contribution in [0, 0.1) is 0 Å². The maximum absolute atomic E-state index is 12.6. The van der Waals surface area contributed by atoms with Gasteiger partial charge in [-0.25, -0.2) is 0 Å². The second-order valence-corrected chi connectivity index (χ2v) is 6.41. The molecule has 0 aromatic heterocycles. The molecule has 1 N–H and O–H groups in total. The van der Waals surface area contributed by atoms with Crippen LogP contribution in [0.15, 0.2) is 30.3 Å². The van der Waals surface area contributed by atoms with E-state index in [1.807, 2.05) is 23.1 Å². The molecule has 1 aromatic carbocycles. The third kappa shape index (κ3) is 4.08. The Kier molecular flexibility index (Phi) is 5.98. The molecule has 1 heterocycles. The van der Waals surface area contributed by atoms with Crippen LogP contribution in [0.2, 0.25) is 0 Å². The van der Waals surface area contributed by atoms with E-state index in [1.54, 1.807) is 0 Å². The van der Waals surface area contributed by atoms with E-state index in [0.29, 0.717) is 19.1 Å². The molecule has 4 heteroatoms. The molecule has 1 saturated heterocycles. The topological polar surface area (TPSA) is 41.6 Å². The lowest BCUT2D eigenvalue weighted by atomic mass is 9.98. The van der Waals surface area contributed by atoms with Crippen LogP contribution in [0.4, 0.5) is 0 Å². The van der Waals surface area contributed by atoms with Gasteiger partial charge in [-0.2, -0.15) is 0 Å². The van der Waals surface area contributed by atoms with Gasteiger partial charge in [-0.3, -0.25) is 4.79 Å². The summed E-state index contributed by atoms with van der Waals surface area (Å²) in [6.07, 6.45) is 0.494. The summed E-state index contributed by atoms with van der Waals surface area (Å²) < 4.78 is 6.00. The van der Waals surface area contributed by atoms with Gasteiger partial charge in [-0.05, 0) is 19.4 Å². The van der Waals surface area contributed by atoms with E-state index in [4.69, 9.17) is 4.74 Å². The number of nitrogens with one attached hydrogen (secondary N) is 1. The Morgan fingerprint density at radius 1 is 1.32 bits per heavy atom. The predicted octanol–water partition coefficient (Wildman–Crippen LogP) is 2.75. The maximum Gasteiger partial charge on any atom is 0.224 e. The SMILES string of the molecule is CC(C)NCCC(=O)N1[C@H](C)CO[C@H](c2ccccc2)[C@H]1C. The van der Waals surface area contributed by atoms with E-state index in [-0.39, 0.29) is 24.1 Å². The molecule has 0 aliphatic carbocycles. The van der Waals surface area contributed by atoms with Gasteiger partial charge in [0.15, 0.2) is 0 Å². The minimum absolute atomic E-state index is 0.0422. The van der Waals surface area contributed by atoms with E-state index < -0.39 is 0 Å². The minimum Gasteiger partial charge on any atom is -0.369 e. The number of benzene rings is 1. The Bertz CT molecular complexity index is 475. The zero-order valence-corrected chi connectivity index (χ0v) is 14.1. The Morgan fingerprint density at radius 2 is 2.00 bits per heavy atom. The normalized spacial score (nSPS) is 25.5. The fourth-order valence-electron chi connectivity index (χ4n) is 3.10. The van der Waals surface area contributed by atoms with Crippen molar-refractivity contribution in [1.82, 2.24) is 10.2 Å². The van der Waals surface area contributed by atoms with Gasteiger partial charge in [0.1, 0.15) is 6.10 Å². The summed E-state index contributed by atoms with van der Waals surface area (Å²) in [5.41, 5.74) is 1.14. The highest BCUT2D eigenvalue weighted by molar-refractivity contribution is 5.77. The molecular weight excluding hydrogens is 276 g/mol. The standard InChI is InChI=1S/C18H28N2O2/c1-13(2)19-11-10-17(21)20-14(3)12-22-18(15(20)4)16-8-6-5-7-9-16/h5-9,13-15,18-19H,10-12H2,1-4H3/t14-,15-,18+/m1/s1. The van der Waals surface area contributed by atoms with Crippen LogP contribution in [0.5, 0.6) is 0 Å². The highest BCUT2D eigenvalue weighted by atomic mass is 16.5. The van der Waals surface area contributed by atoms with Gasteiger partial charge in [0, 0.05) is 19.0 Å². The first-order valence-corrected chi connectivity index (χ1v) is 8.21. The maximum atomic E-state index is 12.6. The molecule has 1 aromatic rings. The fraction of sp³-hybridized carbons (Fsp3) is 0.611. The average molecular weight is 304 g/mol. The van der Waals surface area contributed by atoms with Gasteiger partial charge < -0.3 is 15.0 Å². The summed E-state index contributed by atoms with van der Waals surface area (Å²) in [5.74, 6) is 0.206. The molecule has 0 spiro atoms. The first-order chi connectivity index (χ1) is 10.5. The van der Waals surface area contributed by atoms with Crippen molar-refractivity contribution in [3.63, 3.8) is 0 Å². The second-order valence-electron chi connectivity index (χ2n) is 6.41. The van der Waals surface area contributed by atoms with E-state index in [0.717, 1.165) is 12.1 Å². The van der Waals surface area contributed by atoms with Gasteiger partial charge in [0.25, 0.3) is 0 Å². The molecule has 0 saturated carbocycles. The molecule has 2 rings (SSSR count). The second kappa shape index (κ2) is 7.75. The zero-order valence-electron chi connectivity index (χ0n) is 14.1. The number of carbonyl (C=O) groups excluding carboxylic acids is 1. The van der Waals surface area contributed by atoms with E-state index in [1.165, 1.54) is 0 Å². The number of ether oxygens (including phenoxy) is 1. The Morgan fingerprint density at radius 3 is 2.64 bits per heavy atom. The largest absolute Gasteiger partial charge is 0.369 e. The Labute approximate surface area is 133 Å². The highest BCUT2D eigenvalue weighted by Crippen LogP contribution is 2.31. The molecule has 1 amide bonds. The summed E-state index contributed by atoms with van der Waals surface area (Å²) >= 11 is 0. The molecule has 1 fully saturated rings. The summed E-state index contributed by atoms with van der Waals surface area (Å²) in [6, 6.07) is 10.8. The van der Waals surface area contributed by atoms with Crippen molar-refractivity contribution in [3.8, 4) is 0 Å². The quantitative estimate of drug-likeness (QED) is 0.909. The monoisotopic (exact) mass is 304 g/mol. The van der Waals surface area contributed by atoms with Crippen LogP contribution >= 0.6 is 0 Å². The number of morpholine rings is 1. The Hall–Kier alpha value is -1.39. The summed E-state index contributed by atoms with van der Waals surface area (Å²) in [7, 11) is 0. The third-order valence-corrected chi connectivity index (χ3v) is 4.18. The lowest BCUT2D eigenvalue weighted by molar-refractivity contribution is -0.153. The zero-order chi connectivity index (χ0) is 16.1. The van der Waals surface area contributed by atoms with Crippen molar-refractivity contribution >= 4 is 5.91 Å². The predicted molar refractivity (Wildman–Crippen MR) is 88.7 cm³/mol. The minimum atomic E-state index is -0.0422. The molecule has 22 heavy (non-hydrogen) atoms. The number of carbonyl (C=O) groups is 1. The van der Waals surface area contributed by atoms with Crippen LogP contribution in [0.3, 0.4) is 0 Å². The summed E-state index contributed by atoms with van der Waals surface area (Å²) in [5, 5.41) is 3.31. The molecule has 3 atom stereocenters. The molecule has 0 unspecified atom stereocenters. The van der Waals surface area contributed by atoms with Crippen LogP contribution < -0.4 is 5.32 Å². The van der Waals surface area contributed by atoms with Crippen LogP contribution in [-0.2, 0) is 9.53 Å². The van der Waals surface area contributed by atoms with Crippen molar-refractivity contribution in [3.05, 3.63) is 35.9 Å². The van der Waals surface area contributed by atoms with Crippen molar-refractivity contribution < 1.29 is 9.53 Å². The van der Waals surface area contributed by atoms with Gasteiger partial charge in [-0.1, -0.05) is 44.2 Å². The van der Waals surface area contributed by atoms with Gasteiger partial charge in [0.2, 0.25) is 5.91 Å². The smallest absolute Gasteiger partial charge is 0.224 e. The number of rotatable bonds is 5. The molecule has 122 valence electrons. The van der Waals surface area contributed by atoms with E-state index in [2.05, 4.69) is 45.1 Å². The van der Waals surface area contributed by atoms with Crippen LogP contribution in [-0.4, -0.2) is 42.1 Å². The Balaban J connectivity index is 2.04. The van der Waals surface area contributed by atoms with Crippen LogP contribution in [0.1, 0.15) is 45.8 Å². The first kappa shape index (κ1) is 17.0. The molecule has 4 nitrogen and oxygen atoms in total. The fourth-order valence-corrected chi connectivity index (χ4v) is 3.10. The molecular formula is C18H28N2O2. The van der Waals surface area contributed by atoms with Gasteiger partial charge in [0.05, 0.1) is 18.7 Å².